The van der Waals surface area contributed by atoms with Crippen LogP contribution in [0.2, 0.25) is 18.1 Å². The van der Waals surface area contributed by atoms with Crippen LogP contribution in [0.5, 0.6) is 5.75 Å². The number of carbonyl (C=O) groups excluding carboxylic acids is 1. The Balaban J connectivity index is 2.02. The molecule has 0 saturated heterocycles. The van der Waals surface area contributed by atoms with E-state index in [9.17, 15) is 9.90 Å². The molecule has 0 amide bonds. The summed E-state index contributed by atoms with van der Waals surface area (Å²) in [6, 6.07) is 18.3. The Labute approximate surface area is 181 Å². The monoisotopic (exact) mass is 430 g/mol. The van der Waals surface area contributed by atoms with Crippen molar-refractivity contribution in [3.8, 4) is 5.75 Å². The van der Waals surface area contributed by atoms with E-state index >= 15 is 0 Å². The SMILES string of the molecule is CC(C)(C)[Si](C)(C)OCC[C@@H](O)[C@H](OCc1ccccc1)C(=O)Oc1ccccc1. The molecule has 0 heterocycles. The Kier molecular flexibility index (Phi) is 8.79. The molecule has 1 N–H and O–H groups in total. The molecule has 30 heavy (non-hydrogen) atoms. The van der Waals surface area contributed by atoms with Crippen LogP contribution in [0.15, 0.2) is 60.7 Å². The summed E-state index contributed by atoms with van der Waals surface area (Å²) in [5.74, 6) is -0.197. The molecule has 6 heteroatoms. The van der Waals surface area contributed by atoms with Crippen LogP contribution in [0.4, 0.5) is 0 Å². The first-order valence-corrected chi connectivity index (χ1v) is 13.3. The van der Waals surface area contributed by atoms with Crippen molar-refractivity contribution in [2.75, 3.05) is 6.61 Å². The molecule has 0 unspecified atom stereocenters. The molecule has 164 valence electrons. The molecule has 0 aliphatic rings. The van der Waals surface area contributed by atoms with Crippen molar-refractivity contribution in [2.24, 2.45) is 0 Å². The van der Waals surface area contributed by atoms with Gasteiger partial charge >= 0.3 is 5.97 Å². The molecule has 0 aliphatic carbocycles. The fourth-order valence-electron chi connectivity index (χ4n) is 2.56. The molecule has 0 bridgehead atoms. The van der Waals surface area contributed by atoms with Crippen molar-refractivity contribution in [2.45, 2.75) is 64.1 Å². The lowest BCUT2D eigenvalue weighted by Crippen LogP contribution is -2.43. The van der Waals surface area contributed by atoms with Crippen LogP contribution in [0.3, 0.4) is 0 Å². The standard InChI is InChI=1S/C24H34O5Si/c1-24(2,3)30(4,5)28-17-16-21(25)22(27-18-19-12-8-6-9-13-19)23(26)29-20-14-10-7-11-15-20/h6-15,21-22,25H,16-18H2,1-5H3/t21-,22+/m1/s1. The van der Waals surface area contributed by atoms with Crippen LogP contribution in [0, 0.1) is 0 Å². The van der Waals surface area contributed by atoms with Crippen LogP contribution < -0.4 is 4.74 Å². The summed E-state index contributed by atoms with van der Waals surface area (Å²) in [5, 5.41) is 10.8. The Morgan fingerprint density at radius 2 is 1.57 bits per heavy atom. The smallest absolute Gasteiger partial charge is 0.343 e. The fraction of sp³-hybridized carbons (Fsp3) is 0.458. The van der Waals surface area contributed by atoms with E-state index in [-0.39, 0.29) is 18.1 Å². The zero-order valence-electron chi connectivity index (χ0n) is 18.6. The summed E-state index contributed by atoms with van der Waals surface area (Å²) >= 11 is 0. The number of esters is 1. The van der Waals surface area contributed by atoms with Gasteiger partial charge in [0.1, 0.15) is 5.75 Å². The summed E-state index contributed by atoms with van der Waals surface area (Å²) in [4.78, 5) is 12.8. The lowest BCUT2D eigenvalue weighted by molar-refractivity contribution is -0.157. The molecule has 2 aromatic rings. The zero-order chi connectivity index (χ0) is 22.2. The number of para-hydroxylation sites is 1. The van der Waals surface area contributed by atoms with Crippen LogP contribution in [0.25, 0.3) is 0 Å². The van der Waals surface area contributed by atoms with Crippen molar-refractivity contribution in [1.82, 2.24) is 0 Å². The van der Waals surface area contributed by atoms with E-state index < -0.39 is 26.5 Å². The van der Waals surface area contributed by atoms with Crippen molar-refractivity contribution in [3.05, 3.63) is 66.2 Å². The van der Waals surface area contributed by atoms with Gasteiger partial charge in [-0.3, -0.25) is 0 Å². The summed E-state index contributed by atoms with van der Waals surface area (Å²) in [5.41, 5.74) is 0.916. The van der Waals surface area contributed by atoms with Gasteiger partial charge in [-0.15, -0.1) is 0 Å². The quantitative estimate of drug-likeness (QED) is 0.328. The van der Waals surface area contributed by atoms with Crippen LogP contribution in [0.1, 0.15) is 32.8 Å². The van der Waals surface area contributed by atoms with Gasteiger partial charge in [0.2, 0.25) is 0 Å². The summed E-state index contributed by atoms with van der Waals surface area (Å²) < 4.78 is 17.4. The predicted octanol–water partition coefficient (Wildman–Crippen LogP) is 4.95. The number of aliphatic hydroxyl groups excluding tert-OH is 1. The van der Waals surface area contributed by atoms with E-state index in [0.29, 0.717) is 12.4 Å². The van der Waals surface area contributed by atoms with Gasteiger partial charge in [-0.05, 0) is 42.2 Å². The Morgan fingerprint density at radius 1 is 1.00 bits per heavy atom. The van der Waals surface area contributed by atoms with Gasteiger partial charge in [0.05, 0.1) is 12.7 Å². The van der Waals surface area contributed by atoms with Crippen molar-refractivity contribution in [1.29, 1.82) is 0 Å². The van der Waals surface area contributed by atoms with E-state index in [1.807, 2.05) is 36.4 Å². The first kappa shape index (κ1) is 24.3. The summed E-state index contributed by atoms with van der Waals surface area (Å²) in [7, 11) is -1.93. The molecule has 0 spiro atoms. The second kappa shape index (κ2) is 10.9. The maximum absolute atomic E-state index is 12.8. The molecule has 2 atom stereocenters. The number of hydrogen-bond acceptors (Lipinski definition) is 5. The van der Waals surface area contributed by atoms with Gasteiger partial charge in [0.15, 0.2) is 14.4 Å². The topological polar surface area (TPSA) is 65.0 Å². The van der Waals surface area contributed by atoms with Gasteiger partial charge in [0, 0.05) is 6.61 Å². The van der Waals surface area contributed by atoms with Gasteiger partial charge in [-0.1, -0.05) is 69.3 Å². The third-order valence-corrected chi connectivity index (χ3v) is 10.0. The van der Waals surface area contributed by atoms with Crippen molar-refractivity contribution in [3.63, 3.8) is 0 Å². The number of ether oxygens (including phenoxy) is 2. The molecule has 0 saturated carbocycles. The lowest BCUT2D eigenvalue weighted by Gasteiger charge is -2.36. The third kappa shape index (κ3) is 7.36. The van der Waals surface area contributed by atoms with Gasteiger partial charge in [-0.2, -0.15) is 0 Å². The van der Waals surface area contributed by atoms with Gasteiger partial charge in [-0.25, -0.2) is 4.79 Å². The van der Waals surface area contributed by atoms with Crippen LogP contribution in [-0.4, -0.2) is 38.2 Å². The highest BCUT2D eigenvalue weighted by molar-refractivity contribution is 6.74. The number of aliphatic hydroxyl groups is 1. The molecular formula is C24H34O5Si. The average Bonchev–Trinajstić information content (AvgIpc) is 2.68. The largest absolute Gasteiger partial charge is 0.425 e. The van der Waals surface area contributed by atoms with Crippen molar-refractivity contribution >= 4 is 14.3 Å². The minimum atomic E-state index is -1.93. The highest BCUT2D eigenvalue weighted by Crippen LogP contribution is 2.36. The third-order valence-electron chi connectivity index (χ3n) is 5.50. The van der Waals surface area contributed by atoms with Gasteiger partial charge < -0.3 is 19.0 Å². The van der Waals surface area contributed by atoms with E-state index in [0.717, 1.165) is 5.56 Å². The Morgan fingerprint density at radius 3 is 2.13 bits per heavy atom. The lowest BCUT2D eigenvalue weighted by atomic mass is 10.1. The van der Waals surface area contributed by atoms with Crippen LogP contribution in [-0.2, 0) is 20.6 Å². The first-order chi connectivity index (χ1) is 14.1. The molecule has 2 rings (SSSR count). The fourth-order valence-corrected chi connectivity index (χ4v) is 3.62. The molecule has 5 nitrogen and oxygen atoms in total. The minimum Gasteiger partial charge on any atom is -0.425 e. The molecule has 0 aromatic heterocycles. The van der Waals surface area contributed by atoms with E-state index in [1.54, 1.807) is 24.3 Å². The molecular weight excluding hydrogens is 396 g/mol. The minimum absolute atomic E-state index is 0.0768. The maximum Gasteiger partial charge on any atom is 0.343 e. The highest BCUT2D eigenvalue weighted by atomic mass is 28.4. The molecule has 0 aliphatic heterocycles. The number of benzene rings is 2. The highest BCUT2D eigenvalue weighted by Gasteiger charge is 2.37. The number of hydrogen-bond donors (Lipinski definition) is 1. The average molecular weight is 431 g/mol. The maximum atomic E-state index is 12.8. The predicted molar refractivity (Wildman–Crippen MR) is 121 cm³/mol. The molecule has 0 radical (unpaired) electrons. The summed E-state index contributed by atoms with van der Waals surface area (Å²) in [6.45, 7) is 11.4. The zero-order valence-corrected chi connectivity index (χ0v) is 19.6. The van der Waals surface area contributed by atoms with Gasteiger partial charge in [0.25, 0.3) is 0 Å². The Hall–Kier alpha value is -1.99. The van der Waals surface area contributed by atoms with E-state index in [2.05, 4.69) is 33.9 Å². The Bertz CT molecular complexity index is 771. The van der Waals surface area contributed by atoms with E-state index in [1.165, 1.54) is 0 Å². The first-order valence-electron chi connectivity index (χ1n) is 10.3. The number of rotatable bonds is 10. The number of carbonyl (C=O) groups is 1. The normalized spacial score (nSPS) is 14.2. The second-order valence-corrected chi connectivity index (χ2v) is 13.7. The molecule has 2 aromatic carbocycles. The van der Waals surface area contributed by atoms with E-state index in [4.69, 9.17) is 13.9 Å². The van der Waals surface area contributed by atoms with Crippen LogP contribution >= 0.6 is 0 Å². The molecule has 0 fully saturated rings. The second-order valence-electron chi connectivity index (χ2n) is 8.92. The summed E-state index contributed by atoms with van der Waals surface area (Å²) in [6.07, 6.45) is -1.85. The van der Waals surface area contributed by atoms with Crippen molar-refractivity contribution < 1.29 is 23.8 Å².